The number of esters is 3. The van der Waals surface area contributed by atoms with Gasteiger partial charge < -0.3 is 44.1 Å². The second kappa shape index (κ2) is 10.2. The van der Waals surface area contributed by atoms with Gasteiger partial charge in [-0.1, -0.05) is 0 Å². The Morgan fingerprint density at radius 2 is 1.47 bits per heavy atom. The summed E-state index contributed by atoms with van der Waals surface area (Å²) in [6.07, 6.45) is -7.51. The molecule has 1 aliphatic rings. The highest BCUT2D eigenvalue weighted by atomic mass is 16.7. The van der Waals surface area contributed by atoms with Crippen molar-refractivity contribution in [1.29, 1.82) is 0 Å². The van der Waals surface area contributed by atoms with Gasteiger partial charge >= 0.3 is 23.9 Å². The molecule has 4 N–H and O–H groups in total. The molecule has 1 aromatic carbocycles. The van der Waals surface area contributed by atoms with E-state index in [2.05, 4.69) is 0 Å². The Morgan fingerprint density at radius 1 is 0.938 bits per heavy atom. The molecule has 13 heteroatoms. The van der Waals surface area contributed by atoms with E-state index >= 15 is 0 Å². The van der Waals surface area contributed by atoms with E-state index in [0.29, 0.717) is 0 Å². The Hall–Kier alpha value is -3.58. The number of rotatable bonds is 7. The summed E-state index contributed by atoms with van der Waals surface area (Å²) in [4.78, 5) is 45.4. The number of hydrogen-bond donors (Lipinski definition) is 4. The third-order valence-corrected chi connectivity index (χ3v) is 4.21. The highest BCUT2D eigenvalue weighted by Gasteiger charge is 2.51. The minimum absolute atomic E-state index is 0.312. The molecular formula is C19H22O13. The first-order chi connectivity index (χ1) is 14.9. The Morgan fingerprint density at radius 3 is 1.94 bits per heavy atom. The number of aromatic carboxylic acids is 1. The molecule has 0 spiro atoms. The van der Waals surface area contributed by atoms with Crippen LogP contribution in [0.5, 0.6) is 17.2 Å². The fraction of sp³-hybridized carbons (Fsp3) is 0.474. The first kappa shape index (κ1) is 24.7. The molecule has 0 aromatic heterocycles. The molecule has 1 aromatic rings. The molecule has 0 unspecified atom stereocenters. The van der Waals surface area contributed by atoms with Gasteiger partial charge in [-0.25, -0.2) is 4.79 Å². The first-order valence-electron chi connectivity index (χ1n) is 9.18. The number of benzene rings is 1. The molecule has 5 atom stereocenters. The van der Waals surface area contributed by atoms with E-state index in [0.717, 1.165) is 32.9 Å². The SMILES string of the molecule is CC(=O)OC[C@H]1O[C@@H](Oc2cc(O)c(C(=O)O)c(O)c2)[C@H](O)[C@@H](OC(C)=O)[C@@H]1OC(C)=O. The molecule has 13 nitrogen and oxygen atoms in total. The van der Waals surface area contributed by atoms with Crippen LogP contribution in [-0.4, -0.2) is 81.6 Å². The summed E-state index contributed by atoms with van der Waals surface area (Å²) in [5, 5.41) is 39.3. The molecule has 176 valence electrons. The van der Waals surface area contributed by atoms with Crippen molar-refractivity contribution in [3.63, 3.8) is 0 Å². The van der Waals surface area contributed by atoms with Gasteiger partial charge in [0.05, 0.1) is 0 Å². The van der Waals surface area contributed by atoms with Crippen LogP contribution in [0.15, 0.2) is 12.1 Å². The minimum Gasteiger partial charge on any atom is -0.507 e. The number of phenols is 2. The number of carboxylic acid groups (broad SMARTS) is 1. The van der Waals surface area contributed by atoms with Gasteiger partial charge in [-0.05, 0) is 0 Å². The molecule has 2 rings (SSSR count). The summed E-state index contributed by atoms with van der Waals surface area (Å²) in [6, 6.07) is 1.69. The maximum absolute atomic E-state index is 11.6. The zero-order chi connectivity index (χ0) is 24.2. The quantitative estimate of drug-likeness (QED) is 0.307. The minimum atomic E-state index is -1.75. The standard InChI is InChI=1S/C19H22O13/c1-7(20)28-6-13-16(29-8(2)21)17(30-9(3)22)15(25)19(32-13)31-10-4-11(23)14(18(26)27)12(24)5-10/h4-5,13,15-17,19,23-25H,6H2,1-3H3,(H,26,27)/t13-,15-,16-,17-,19-/m1/s1. The summed E-state index contributed by atoms with van der Waals surface area (Å²) >= 11 is 0. The summed E-state index contributed by atoms with van der Waals surface area (Å²) in [7, 11) is 0. The lowest BCUT2D eigenvalue weighted by atomic mass is 9.98. The molecule has 0 aliphatic carbocycles. The van der Waals surface area contributed by atoms with Crippen LogP contribution in [0.4, 0.5) is 0 Å². The fourth-order valence-electron chi connectivity index (χ4n) is 2.99. The predicted octanol–water partition coefficient (Wildman–Crippen LogP) is -0.313. The van der Waals surface area contributed by atoms with Gasteiger partial charge in [-0.2, -0.15) is 0 Å². The zero-order valence-electron chi connectivity index (χ0n) is 17.2. The highest BCUT2D eigenvalue weighted by Crippen LogP contribution is 2.35. The molecular weight excluding hydrogens is 436 g/mol. The molecule has 0 radical (unpaired) electrons. The van der Waals surface area contributed by atoms with Crippen molar-refractivity contribution in [3.8, 4) is 17.2 Å². The molecule has 1 aliphatic heterocycles. The average molecular weight is 458 g/mol. The van der Waals surface area contributed by atoms with Crippen molar-refractivity contribution in [2.24, 2.45) is 0 Å². The van der Waals surface area contributed by atoms with Crippen molar-refractivity contribution < 1.29 is 63.3 Å². The number of hydrogen-bond acceptors (Lipinski definition) is 12. The smallest absolute Gasteiger partial charge is 0.343 e. The van der Waals surface area contributed by atoms with E-state index in [9.17, 15) is 34.5 Å². The molecule has 1 saturated heterocycles. The van der Waals surface area contributed by atoms with Crippen molar-refractivity contribution in [2.45, 2.75) is 51.5 Å². The van der Waals surface area contributed by atoms with Crippen LogP contribution in [0.3, 0.4) is 0 Å². The molecule has 1 heterocycles. The lowest BCUT2D eigenvalue weighted by Crippen LogP contribution is -2.62. The van der Waals surface area contributed by atoms with E-state index in [1.807, 2.05) is 0 Å². The van der Waals surface area contributed by atoms with Crippen LogP contribution in [0.2, 0.25) is 0 Å². The largest absolute Gasteiger partial charge is 0.507 e. The van der Waals surface area contributed by atoms with Gasteiger partial charge in [0.2, 0.25) is 6.29 Å². The number of ether oxygens (including phenoxy) is 5. The Bertz CT molecular complexity index is 872. The highest BCUT2D eigenvalue weighted by molar-refractivity contribution is 5.94. The maximum atomic E-state index is 11.6. The molecule has 0 bridgehead atoms. The van der Waals surface area contributed by atoms with Gasteiger partial charge in [0.25, 0.3) is 0 Å². The molecule has 32 heavy (non-hydrogen) atoms. The Balaban J connectivity index is 2.37. The van der Waals surface area contributed by atoms with Gasteiger partial charge in [0.15, 0.2) is 18.3 Å². The summed E-state index contributed by atoms with van der Waals surface area (Å²) in [6.45, 7) is 2.76. The van der Waals surface area contributed by atoms with Crippen LogP contribution in [-0.2, 0) is 33.3 Å². The van der Waals surface area contributed by atoms with E-state index in [1.165, 1.54) is 0 Å². The van der Waals surface area contributed by atoms with Crippen molar-refractivity contribution in [2.75, 3.05) is 6.61 Å². The molecule has 1 fully saturated rings. The normalized spacial score (nSPS) is 24.8. The maximum Gasteiger partial charge on any atom is 0.343 e. The summed E-state index contributed by atoms with van der Waals surface area (Å²) < 4.78 is 26.0. The van der Waals surface area contributed by atoms with Crippen molar-refractivity contribution >= 4 is 23.9 Å². The van der Waals surface area contributed by atoms with Crippen LogP contribution in [0.1, 0.15) is 31.1 Å². The van der Waals surface area contributed by atoms with Crippen LogP contribution < -0.4 is 4.74 Å². The average Bonchev–Trinajstić information content (AvgIpc) is 2.64. The second-order valence-electron chi connectivity index (χ2n) is 6.74. The van der Waals surface area contributed by atoms with Crippen LogP contribution in [0, 0.1) is 0 Å². The lowest BCUT2D eigenvalue weighted by molar-refractivity contribution is -0.285. The topological polar surface area (TPSA) is 195 Å². The van der Waals surface area contributed by atoms with Gasteiger partial charge in [0.1, 0.15) is 35.5 Å². The third kappa shape index (κ3) is 5.98. The van der Waals surface area contributed by atoms with E-state index in [-0.39, 0.29) is 5.75 Å². The number of carboxylic acids is 1. The lowest BCUT2D eigenvalue weighted by Gasteiger charge is -2.42. The molecule has 0 saturated carbocycles. The number of carbonyl (C=O) groups excluding carboxylic acids is 3. The van der Waals surface area contributed by atoms with Gasteiger partial charge in [-0.3, -0.25) is 14.4 Å². The number of aromatic hydroxyl groups is 2. The first-order valence-corrected chi connectivity index (χ1v) is 9.18. The summed E-state index contributed by atoms with van der Waals surface area (Å²) in [5.74, 6) is -5.89. The van der Waals surface area contributed by atoms with Crippen molar-refractivity contribution in [3.05, 3.63) is 17.7 Å². The monoisotopic (exact) mass is 458 g/mol. The van der Waals surface area contributed by atoms with Gasteiger partial charge in [0, 0.05) is 32.9 Å². The number of carbonyl (C=O) groups is 4. The van der Waals surface area contributed by atoms with E-state index < -0.39 is 78.3 Å². The van der Waals surface area contributed by atoms with Gasteiger partial charge in [-0.15, -0.1) is 0 Å². The number of aliphatic hydroxyl groups excluding tert-OH is 1. The zero-order valence-corrected chi connectivity index (χ0v) is 17.2. The third-order valence-electron chi connectivity index (χ3n) is 4.21. The predicted molar refractivity (Wildman–Crippen MR) is 99.8 cm³/mol. The Labute approximate surface area is 181 Å². The fourth-order valence-corrected chi connectivity index (χ4v) is 2.99. The van der Waals surface area contributed by atoms with Crippen molar-refractivity contribution in [1.82, 2.24) is 0 Å². The van der Waals surface area contributed by atoms with Crippen LogP contribution >= 0.6 is 0 Å². The molecule has 0 amide bonds. The van der Waals surface area contributed by atoms with E-state index in [1.54, 1.807) is 0 Å². The van der Waals surface area contributed by atoms with Crippen LogP contribution in [0.25, 0.3) is 0 Å². The van der Waals surface area contributed by atoms with E-state index in [4.69, 9.17) is 28.8 Å². The Kier molecular flexibility index (Phi) is 7.83. The number of aliphatic hydroxyl groups is 1. The second-order valence-corrected chi connectivity index (χ2v) is 6.74. The summed E-state index contributed by atoms with van der Waals surface area (Å²) in [5.41, 5.74) is -0.775.